The van der Waals surface area contributed by atoms with Gasteiger partial charge in [-0.1, -0.05) is 18.2 Å². The maximum absolute atomic E-state index is 5.21. The normalized spacial score (nSPS) is 16.5. The van der Waals surface area contributed by atoms with Crippen LogP contribution in [0.5, 0.6) is 5.75 Å². The molecule has 1 N–H and O–H groups in total. The molecule has 1 atom stereocenters. The zero-order valence-corrected chi connectivity index (χ0v) is 12.5. The molecular formula is C17H19N3O. The van der Waals surface area contributed by atoms with Gasteiger partial charge in [0, 0.05) is 24.0 Å². The fourth-order valence-corrected chi connectivity index (χ4v) is 2.57. The van der Waals surface area contributed by atoms with Crippen LogP contribution in [0, 0.1) is 0 Å². The fourth-order valence-electron chi connectivity index (χ4n) is 2.57. The number of anilines is 2. The third-order valence-electron chi connectivity index (χ3n) is 3.72. The van der Waals surface area contributed by atoms with Gasteiger partial charge in [0.2, 0.25) is 0 Å². The largest absolute Gasteiger partial charge is 0.497 e. The molecule has 2 aromatic carbocycles. The molecule has 3 rings (SSSR count). The van der Waals surface area contributed by atoms with Crippen molar-refractivity contribution in [3.8, 4) is 5.75 Å². The summed E-state index contributed by atoms with van der Waals surface area (Å²) >= 11 is 0. The van der Waals surface area contributed by atoms with E-state index < -0.39 is 0 Å². The lowest BCUT2D eigenvalue weighted by atomic mass is 10.1. The van der Waals surface area contributed by atoms with Crippen LogP contribution in [0.1, 0.15) is 18.7 Å². The van der Waals surface area contributed by atoms with E-state index in [1.165, 1.54) is 5.56 Å². The molecule has 0 aliphatic carbocycles. The second-order valence-corrected chi connectivity index (χ2v) is 5.11. The summed E-state index contributed by atoms with van der Waals surface area (Å²) in [6, 6.07) is 16.3. The number of nitrogens with zero attached hydrogens (tertiary/aromatic N) is 2. The maximum Gasteiger partial charge on any atom is 0.150 e. The highest BCUT2D eigenvalue weighted by molar-refractivity contribution is 5.96. The average molecular weight is 281 g/mol. The Hall–Kier alpha value is -2.49. The molecule has 0 amide bonds. The van der Waals surface area contributed by atoms with E-state index in [2.05, 4.69) is 29.4 Å². The summed E-state index contributed by atoms with van der Waals surface area (Å²) in [6.45, 7) is 1.99. The molecule has 2 aromatic rings. The molecule has 1 aliphatic heterocycles. The van der Waals surface area contributed by atoms with E-state index in [9.17, 15) is 0 Å². The number of benzene rings is 2. The van der Waals surface area contributed by atoms with E-state index >= 15 is 0 Å². The van der Waals surface area contributed by atoms with Gasteiger partial charge >= 0.3 is 0 Å². The summed E-state index contributed by atoms with van der Waals surface area (Å²) in [7, 11) is 3.74. The highest BCUT2D eigenvalue weighted by Crippen LogP contribution is 2.34. The molecular weight excluding hydrogens is 262 g/mol. The Kier molecular flexibility index (Phi) is 3.52. The monoisotopic (exact) mass is 281 g/mol. The lowest BCUT2D eigenvalue weighted by Gasteiger charge is -2.32. The standard InChI is InChI=1S/C17H19N3O/c1-12-18-16-7-5-4-6-15(16)17(19-12)20(2)13-8-10-14(21-3)11-9-13/h4-11,17H,1-3H3,(H,18,19). The number of para-hydroxylation sites is 1. The van der Waals surface area contributed by atoms with Gasteiger partial charge in [-0.25, -0.2) is 4.99 Å². The predicted molar refractivity (Wildman–Crippen MR) is 87.3 cm³/mol. The summed E-state index contributed by atoms with van der Waals surface area (Å²) in [5.41, 5.74) is 3.41. The van der Waals surface area contributed by atoms with E-state index in [1.54, 1.807) is 7.11 Å². The third kappa shape index (κ3) is 2.57. The molecule has 108 valence electrons. The topological polar surface area (TPSA) is 36.9 Å². The van der Waals surface area contributed by atoms with E-state index in [1.807, 2.05) is 43.3 Å². The van der Waals surface area contributed by atoms with Gasteiger partial charge in [-0.3, -0.25) is 0 Å². The predicted octanol–water partition coefficient (Wildman–Crippen LogP) is 3.67. The minimum absolute atomic E-state index is 0.0177. The highest BCUT2D eigenvalue weighted by Gasteiger charge is 2.23. The summed E-state index contributed by atoms with van der Waals surface area (Å²) < 4.78 is 5.21. The van der Waals surface area contributed by atoms with Gasteiger partial charge in [-0.05, 0) is 37.3 Å². The van der Waals surface area contributed by atoms with Gasteiger partial charge in [0.15, 0.2) is 6.17 Å². The second-order valence-electron chi connectivity index (χ2n) is 5.11. The van der Waals surface area contributed by atoms with Crippen molar-refractivity contribution in [1.29, 1.82) is 0 Å². The van der Waals surface area contributed by atoms with Crippen LogP contribution in [0.15, 0.2) is 53.5 Å². The van der Waals surface area contributed by atoms with Crippen LogP contribution >= 0.6 is 0 Å². The molecule has 0 saturated heterocycles. The minimum atomic E-state index is -0.0177. The molecule has 0 bridgehead atoms. The van der Waals surface area contributed by atoms with E-state index in [0.29, 0.717) is 0 Å². The van der Waals surface area contributed by atoms with Gasteiger partial charge < -0.3 is 15.0 Å². The first-order valence-corrected chi connectivity index (χ1v) is 6.96. The number of nitrogens with one attached hydrogen (secondary N) is 1. The van der Waals surface area contributed by atoms with Crippen molar-refractivity contribution >= 4 is 17.2 Å². The number of rotatable bonds is 3. The molecule has 0 spiro atoms. The zero-order valence-electron chi connectivity index (χ0n) is 12.5. The Morgan fingerprint density at radius 2 is 1.81 bits per heavy atom. The Morgan fingerprint density at radius 3 is 2.52 bits per heavy atom. The fraction of sp³-hybridized carbons (Fsp3) is 0.235. The molecule has 1 heterocycles. The number of hydrogen-bond donors (Lipinski definition) is 1. The molecule has 0 radical (unpaired) electrons. The van der Waals surface area contributed by atoms with Gasteiger partial charge in [0.25, 0.3) is 0 Å². The first kappa shape index (κ1) is 13.5. The Morgan fingerprint density at radius 1 is 1.10 bits per heavy atom. The zero-order chi connectivity index (χ0) is 14.8. The highest BCUT2D eigenvalue weighted by atomic mass is 16.5. The summed E-state index contributed by atoms with van der Waals surface area (Å²) in [6.07, 6.45) is -0.0177. The summed E-state index contributed by atoms with van der Waals surface area (Å²) in [5, 5.41) is 3.32. The van der Waals surface area contributed by atoms with E-state index in [0.717, 1.165) is 23.0 Å². The maximum atomic E-state index is 5.21. The molecule has 0 fully saturated rings. The first-order chi connectivity index (χ1) is 10.2. The van der Waals surface area contributed by atoms with Crippen LogP contribution in [-0.4, -0.2) is 20.0 Å². The minimum Gasteiger partial charge on any atom is -0.497 e. The Labute approximate surface area is 125 Å². The van der Waals surface area contributed by atoms with Crippen LogP contribution in [0.3, 0.4) is 0 Å². The van der Waals surface area contributed by atoms with Crippen molar-refractivity contribution < 1.29 is 4.74 Å². The van der Waals surface area contributed by atoms with Crippen LogP contribution in [0.4, 0.5) is 11.4 Å². The van der Waals surface area contributed by atoms with Crippen molar-refractivity contribution in [2.24, 2.45) is 4.99 Å². The molecule has 0 saturated carbocycles. The van der Waals surface area contributed by atoms with Gasteiger partial charge in [-0.15, -0.1) is 0 Å². The average Bonchev–Trinajstić information content (AvgIpc) is 2.53. The van der Waals surface area contributed by atoms with Crippen molar-refractivity contribution in [1.82, 2.24) is 0 Å². The lowest BCUT2D eigenvalue weighted by Crippen LogP contribution is -2.29. The molecule has 21 heavy (non-hydrogen) atoms. The number of hydrogen-bond acceptors (Lipinski definition) is 4. The molecule has 0 aromatic heterocycles. The number of fused-ring (bicyclic) bond motifs is 1. The second kappa shape index (κ2) is 5.48. The van der Waals surface area contributed by atoms with Crippen LogP contribution < -0.4 is 15.0 Å². The Bertz CT molecular complexity index is 664. The lowest BCUT2D eigenvalue weighted by molar-refractivity contribution is 0.415. The number of methoxy groups -OCH3 is 1. The SMILES string of the molecule is COc1ccc(N(C)C2N=C(C)Nc3ccccc32)cc1. The van der Waals surface area contributed by atoms with Crippen molar-refractivity contribution in [2.45, 2.75) is 13.1 Å². The number of ether oxygens (including phenoxy) is 1. The first-order valence-electron chi connectivity index (χ1n) is 6.96. The summed E-state index contributed by atoms with van der Waals surface area (Å²) in [5.74, 6) is 1.79. The Balaban J connectivity index is 1.95. The van der Waals surface area contributed by atoms with Crippen molar-refractivity contribution in [2.75, 3.05) is 24.4 Å². The van der Waals surface area contributed by atoms with Gasteiger partial charge in [-0.2, -0.15) is 0 Å². The van der Waals surface area contributed by atoms with Gasteiger partial charge in [0.1, 0.15) is 11.6 Å². The van der Waals surface area contributed by atoms with Crippen LogP contribution in [-0.2, 0) is 0 Å². The summed E-state index contributed by atoms with van der Waals surface area (Å²) in [4.78, 5) is 6.91. The quantitative estimate of drug-likeness (QED) is 0.932. The van der Waals surface area contributed by atoms with Crippen LogP contribution in [0.25, 0.3) is 0 Å². The van der Waals surface area contributed by atoms with Crippen molar-refractivity contribution in [3.63, 3.8) is 0 Å². The van der Waals surface area contributed by atoms with Crippen molar-refractivity contribution in [3.05, 3.63) is 54.1 Å². The van der Waals surface area contributed by atoms with E-state index in [4.69, 9.17) is 9.73 Å². The number of amidine groups is 1. The molecule has 4 heteroatoms. The molecule has 1 aliphatic rings. The smallest absolute Gasteiger partial charge is 0.150 e. The number of aliphatic imine (C=N–C) groups is 1. The van der Waals surface area contributed by atoms with Crippen LogP contribution in [0.2, 0.25) is 0 Å². The van der Waals surface area contributed by atoms with E-state index in [-0.39, 0.29) is 6.17 Å². The molecule has 1 unspecified atom stereocenters. The van der Waals surface area contributed by atoms with Gasteiger partial charge in [0.05, 0.1) is 7.11 Å². The molecule has 4 nitrogen and oxygen atoms in total. The third-order valence-corrected chi connectivity index (χ3v) is 3.72.